The Morgan fingerprint density at radius 3 is 3.07 bits per heavy atom. The standard InChI is InChI=1S/C11H24N2O/c1-2-12-6-3-7-13-8-4-11(10-13)5-9-14/h11-12,14H,2-10H2,1H3. The van der Waals surface area contributed by atoms with Gasteiger partial charge in [0.1, 0.15) is 0 Å². The molecule has 0 radical (unpaired) electrons. The molecule has 1 heterocycles. The summed E-state index contributed by atoms with van der Waals surface area (Å²) in [5.41, 5.74) is 0. The molecule has 1 aliphatic rings. The van der Waals surface area contributed by atoms with Gasteiger partial charge < -0.3 is 15.3 Å². The van der Waals surface area contributed by atoms with Crippen LogP contribution in [0.15, 0.2) is 0 Å². The van der Waals surface area contributed by atoms with Crippen LogP contribution in [0.25, 0.3) is 0 Å². The molecule has 0 bridgehead atoms. The van der Waals surface area contributed by atoms with Gasteiger partial charge in [-0.2, -0.15) is 0 Å². The van der Waals surface area contributed by atoms with Crippen molar-refractivity contribution in [1.82, 2.24) is 10.2 Å². The maximum Gasteiger partial charge on any atom is 0.0434 e. The van der Waals surface area contributed by atoms with E-state index in [1.807, 2.05) is 0 Å². The Morgan fingerprint density at radius 1 is 1.50 bits per heavy atom. The number of nitrogens with zero attached hydrogens (tertiary/aromatic N) is 1. The van der Waals surface area contributed by atoms with Crippen molar-refractivity contribution in [2.24, 2.45) is 5.92 Å². The lowest BCUT2D eigenvalue weighted by Crippen LogP contribution is -2.25. The van der Waals surface area contributed by atoms with Gasteiger partial charge in [0.05, 0.1) is 0 Å². The van der Waals surface area contributed by atoms with Crippen LogP contribution in [0.2, 0.25) is 0 Å². The molecule has 0 aromatic heterocycles. The van der Waals surface area contributed by atoms with E-state index >= 15 is 0 Å². The normalized spacial score (nSPS) is 23.1. The lowest BCUT2D eigenvalue weighted by atomic mass is 10.1. The lowest BCUT2D eigenvalue weighted by molar-refractivity contribution is 0.250. The van der Waals surface area contributed by atoms with Crippen LogP contribution in [-0.4, -0.2) is 49.3 Å². The quantitative estimate of drug-likeness (QED) is 0.594. The van der Waals surface area contributed by atoms with Crippen LogP contribution in [-0.2, 0) is 0 Å². The largest absolute Gasteiger partial charge is 0.396 e. The Hall–Kier alpha value is -0.120. The summed E-state index contributed by atoms with van der Waals surface area (Å²) >= 11 is 0. The highest BCUT2D eigenvalue weighted by Crippen LogP contribution is 2.18. The molecule has 1 saturated heterocycles. The smallest absolute Gasteiger partial charge is 0.0434 e. The topological polar surface area (TPSA) is 35.5 Å². The Labute approximate surface area is 87.5 Å². The monoisotopic (exact) mass is 200 g/mol. The van der Waals surface area contributed by atoms with Crippen molar-refractivity contribution in [2.45, 2.75) is 26.2 Å². The minimum Gasteiger partial charge on any atom is -0.396 e. The minimum absolute atomic E-state index is 0.357. The molecular formula is C11H24N2O. The summed E-state index contributed by atoms with van der Waals surface area (Å²) in [7, 11) is 0. The molecule has 1 rings (SSSR count). The van der Waals surface area contributed by atoms with Crippen LogP contribution in [0.4, 0.5) is 0 Å². The molecule has 0 saturated carbocycles. The van der Waals surface area contributed by atoms with E-state index < -0.39 is 0 Å². The third-order valence-corrected chi connectivity index (χ3v) is 2.99. The maximum atomic E-state index is 8.83. The molecule has 14 heavy (non-hydrogen) atoms. The Morgan fingerprint density at radius 2 is 2.36 bits per heavy atom. The van der Waals surface area contributed by atoms with Crippen molar-refractivity contribution >= 4 is 0 Å². The summed E-state index contributed by atoms with van der Waals surface area (Å²) in [6.07, 6.45) is 3.52. The van der Waals surface area contributed by atoms with E-state index in [0.29, 0.717) is 6.61 Å². The highest BCUT2D eigenvalue weighted by Gasteiger charge is 2.20. The van der Waals surface area contributed by atoms with Gasteiger partial charge in [-0.25, -0.2) is 0 Å². The van der Waals surface area contributed by atoms with Gasteiger partial charge in [-0.05, 0) is 51.4 Å². The molecule has 0 aromatic carbocycles. The summed E-state index contributed by atoms with van der Waals surface area (Å²) in [6, 6.07) is 0. The van der Waals surface area contributed by atoms with Gasteiger partial charge in [0.2, 0.25) is 0 Å². The van der Waals surface area contributed by atoms with E-state index in [2.05, 4.69) is 17.1 Å². The van der Waals surface area contributed by atoms with Crippen LogP contribution in [0, 0.1) is 5.92 Å². The number of aliphatic hydroxyl groups excluding tert-OH is 1. The number of aliphatic hydroxyl groups is 1. The molecule has 1 unspecified atom stereocenters. The summed E-state index contributed by atoms with van der Waals surface area (Å²) in [5.74, 6) is 0.749. The van der Waals surface area contributed by atoms with Gasteiger partial charge in [-0.15, -0.1) is 0 Å². The second kappa shape index (κ2) is 7.21. The third-order valence-electron chi connectivity index (χ3n) is 2.99. The average Bonchev–Trinajstić information content (AvgIpc) is 2.61. The zero-order chi connectivity index (χ0) is 10.2. The number of hydrogen-bond donors (Lipinski definition) is 2. The molecule has 3 nitrogen and oxygen atoms in total. The zero-order valence-electron chi connectivity index (χ0n) is 9.34. The molecular weight excluding hydrogens is 176 g/mol. The number of rotatable bonds is 7. The molecule has 0 aromatic rings. The first kappa shape index (κ1) is 12.0. The van der Waals surface area contributed by atoms with Crippen LogP contribution >= 0.6 is 0 Å². The van der Waals surface area contributed by atoms with E-state index in [-0.39, 0.29) is 0 Å². The Kier molecular flexibility index (Phi) is 6.15. The Bertz CT molecular complexity index is 141. The number of likely N-dealkylation sites (tertiary alicyclic amines) is 1. The summed E-state index contributed by atoms with van der Waals surface area (Å²) < 4.78 is 0. The van der Waals surface area contributed by atoms with Crippen LogP contribution in [0.1, 0.15) is 26.2 Å². The summed E-state index contributed by atoms with van der Waals surface area (Å²) in [4.78, 5) is 2.53. The van der Waals surface area contributed by atoms with E-state index in [0.717, 1.165) is 25.4 Å². The van der Waals surface area contributed by atoms with Crippen molar-refractivity contribution in [3.63, 3.8) is 0 Å². The SMILES string of the molecule is CCNCCCN1CCC(CCO)C1. The third kappa shape index (κ3) is 4.40. The molecule has 84 valence electrons. The highest BCUT2D eigenvalue weighted by molar-refractivity contribution is 4.75. The van der Waals surface area contributed by atoms with Gasteiger partial charge in [-0.3, -0.25) is 0 Å². The first-order chi connectivity index (χ1) is 6.86. The van der Waals surface area contributed by atoms with Gasteiger partial charge >= 0.3 is 0 Å². The van der Waals surface area contributed by atoms with Gasteiger partial charge in [-0.1, -0.05) is 6.92 Å². The minimum atomic E-state index is 0.357. The Balaban J connectivity index is 1.98. The maximum absolute atomic E-state index is 8.83. The number of nitrogens with one attached hydrogen (secondary N) is 1. The molecule has 1 aliphatic heterocycles. The molecule has 2 N–H and O–H groups in total. The van der Waals surface area contributed by atoms with Crippen molar-refractivity contribution < 1.29 is 5.11 Å². The van der Waals surface area contributed by atoms with Gasteiger partial charge in [0.15, 0.2) is 0 Å². The first-order valence-corrected chi connectivity index (χ1v) is 5.90. The van der Waals surface area contributed by atoms with Crippen molar-refractivity contribution in [3.05, 3.63) is 0 Å². The summed E-state index contributed by atoms with van der Waals surface area (Å²) in [6.45, 7) is 8.37. The average molecular weight is 200 g/mol. The van der Waals surface area contributed by atoms with Crippen molar-refractivity contribution in [1.29, 1.82) is 0 Å². The van der Waals surface area contributed by atoms with E-state index in [1.165, 1.54) is 32.5 Å². The predicted molar refractivity (Wildman–Crippen MR) is 59.4 cm³/mol. The molecule has 1 atom stereocenters. The molecule has 0 spiro atoms. The van der Waals surface area contributed by atoms with E-state index in [1.54, 1.807) is 0 Å². The number of hydrogen-bond acceptors (Lipinski definition) is 3. The fourth-order valence-corrected chi connectivity index (χ4v) is 2.14. The van der Waals surface area contributed by atoms with Gasteiger partial charge in [0, 0.05) is 13.2 Å². The summed E-state index contributed by atoms with van der Waals surface area (Å²) in [5, 5.41) is 12.2. The fourth-order valence-electron chi connectivity index (χ4n) is 2.14. The van der Waals surface area contributed by atoms with Crippen molar-refractivity contribution in [3.8, 4) is 0 Å². The van der Waals surface area contributed by atoms with Crippen LogP contribution in [0.3, 0.4) is 0 Å². The molecule has 0 amide bonds. The molecule has 1 fully saturated rings. The highest BCUT2D eigenvalue weighted by atomic mass is 16.3. The van der Waals surface area contributed by atoms with E-state index in [4.69, 9.17) is 5.11 Å². The second-order valence-corrected chi connectivity index (χ2v) is 4.17. The van der Waals surface area contributed by atoms with Gasteiger partial charge in [0.25, 0.3) is 0 Å². The van der Waals surface area contributed by atoms with Crippen molar-refractivity contribution in [2.75, 3.05) is 39.3 Å². The molecule has 0 aliphatic carbocycles. The lowest BCUT2D eigenvalue weighted by Gasteiger charge is -2.15. The predicted octanol–water partition coefficient (Wildman–Crippen LogP) is 0.690. The van der Waals surface area contributed by atoms with E-state index in [9.17, 15) is 0 Å². The van der Waals surface area contributed by atoms with Crippen LogP contribution in [0.5, 0.6) is 0 Å². The second-order valence-electron chi connectivity index (χ2n) is 4.17. The zero-order valence-corrected chi connectivity index (χ0v) is 9.34. The molecule has 3 heteroatoms. The first-order valence-electron chi connectivity index (χ1n) is 5.90. The fraction of sp³-hybridized carbons (Fsp3) is 1.00. The van der Waals surface area contributed by atoms with Crippen LogP contribution < -0.4 is 5.32 Å².